The maximum Gasteiger partial charge on any atom is 0.239 e. The fourth-order valence-electron chi connectivity index (χ4n) is 4.03. The van der Waals surface area contributed by atoms with Gasteiger partial charge in [-0.05, 0) is 62.4 Å². The lowest BCUT2D eigenvalue weighted by Crippen LogP contribution is -2.40. The number of carbonyl (C=O) groups is 2. The molecule has 34 heavy (non-hydrogen) atoms. The average Bonchev–Trinajstić information content (AvgIpc) is 3.78. The minimum Gasteiger partial charge on any atom is -0.463 e. The van der Waals surface area contributed by atoms with Gasteiger partial charge in [-0.1, -0.05) is 11.6 Å². The van der Waals surface area contributed by atoms with Crippen molar-refractivity contribution in [3.8, 4) is 22.6 Å². The molecule has 0 radical (unpaired) electrons. The van der Waals surface area contributed by atoms with E-state index in [2.05, 4.69) is 15.0 Å². The first-order valence-corrected chi connectivity index (χ1v) is 11.6. The van der Waals surface area contributed by atoms with Gasteiger partial charge < -0.3 is 4.42 Å². The Hall–Kier alpha value is -3.65. The number of furan rings is 1. The van der Waals surface area contributed by atoms with Crippen LogP contribution in [0.3, 0.4) is 0 Å². The summed E-state index contributed by atoms with van der Waals surface area (Å²) >= 11 is 6.56. The first-order valence-electron chi connectivity index (χ1n) is 11.2. The number of anilines is 1. The number of aromatic nitrogens is 4. The van der Waals surface area contributed by atoms with Gasteiger partial charge in [0.1, 0.15) is 12.0 Å². The summed E-state index contributed by atoms with van der Waals surface area (Å²) in [6, 6.07) is 7.27. The van der Waals surface area contributed by atoms with Crippen LogP contribution in [0.5, 0.6) is 0 Å². The van der Waals surface area contributed by atoms with Crippen LogP contribution in [0.4, 0.5) is 5.95 Å². The lowest BCUT2D eigenvalue weighted by molar-refractivity contribution is -0.128. The molecule has 0 unspecified atom stereocenters. The van der Waals surface area contributed by atoms with Crippen molar-refractivity contribution in [1.82, 2.24) is 19.9 Å². The van der Waals surface area contributed by atoms with Gasteiger partial charge >= 0.3 is 0 Å². The molecule has 1 aromatic carbocycles. The van der Waals surface area contributed by atoms with Crippen molar-refractivity contribution in [1.29, 1.82) is 0 Å². The summed E-state index contributed by atoms with van der Waals surface area (Å²) in [4.78, 5) is 45.0. The number of halogens is 1. The number of aryl methyl sites for hydroxylation is 1. The maximum absolute atomic E-state index is 13.0. The third kappa shape index (κ3) is 3.64. The van der Waals surface area contributed by atoms with Crippen molar-refractivity contribution in [2.24, 2.45) is 11.8 Å². The fourth-order valence-corrected chi connectivity index (χ4v) is 4.30. The highest BCUT2D eigenvalue weighted by Gasteiger charge is 2.43. The van der Waals surface area contributed by atoms with Crippen LogP contribution >= 0.6 is 11.6 Å². The Morgan fingerprint density at radius 3 is 2.44 bits per heavy atom. The quantitative estimate of drug-likeness (QED) is 0.376. The Morgan fingerprint density at radius 1 is 1.06 bits per heavy atom. The fraction of sp³-hybridized carbons (Fsp3) is 0.280. The molecule has 8 nitrogen and oxygen atoms in total. The highest BCUT2D eigenvalue weighted by molar-refractivity contribution is 6.35. The van der Waals surface area contributed by atoms with Crippen LogP contribution in [-0.4, -0.2) is 31.8 Å². The van der Waals surface area contributed by atoms with E-state index in [4.69, 9.17) is 21.0 Å². The van der Waals surface area contributed by atoms with E-state index >= 15 is 0 Å². The van der Waals surface area contributed by atoms with Crippen LogP contribution in [0.25, 0.3) is 33.5 Å². The molecule has 2 fully saturated rings. The molecule has 9 heteroatoms. The first kappa shape index (κ1) is 20.9. The molecule has 2 amide bonds. The molecule has 4 aromatic rings. The zero-order valence-corrected chi connectivity index (χ0v) is 19.1. The molecule has 2 aliphatic rings. The van der Waals surface area contributed by atoms with Crippen molar-refractivity contribution in [2.45, 2.75) is 32.6 Å². The van der Waals surface area contributed by atoms with Crippen molar-refractivity contribution >= 4 is 40.3 Å². The molecule has 0 saturated heterocycles. The summed E-state index contributed by atoms with van der Waals surface area (Å²) < 4.78 is 5.66. The Bertz CT molecular complexity index is 1420. The molecular formula is C25H20ClN5O3. The zero-order chi connectivity index (χ0) is 23.4. The normalized spacial score (nSPS) is 15.5. The monoisotopic (exact) mass is 473 g/mol. The van der Waals surface area contributed by atoms with Crippen LogP contribution < -0.4 is 4.90 Å². The van der Waals surface area contributed by atoms with Crippen LogP contribution in [0.15, 0.2) is 47.5 Å². The van der Waals surface area contributed by atoms with Crippen LogP contribution in [0, 0.1) is 18.8 Å². The third-order valence-corrected chi connectivity index (χ3v) is 6.52. The average molecular weight is 474 g/mol. The van der Waals surface area contributed by atoms with Gasteiger partial charge in [-0.15, -0.1) is 0 Å². The second-order valence-corrected chi connectivity index (χ2v) is 9.19. The molecule has 2 aliphatic carbocycles. The number of fused-ring (bicyclic) bond motifs is 1. The van der Waals surface area contributed by atoms with Gasteiger partial charge in [0, 0.05) is 34.7 Å². The van der Waals surface area contributed by atoms with Crippen molar-refractivity contribution < 1.29 is 14.0 Å². The number of nitrogens with zero attached hydrogens (tertiary/aromatic N) is 5. The van der Waals surface area contributed by atoms with E-state index in [1.54, 1.807) is 30.7 Å². The number of hydrogen-bond donors (Lipinski definition) is 0. The Labute approximate surface area is 200 Å². The largest absolute Gasteiger partial charge is 0.463 e. The molecular weight excluding hydrogens is 454 g/mol. The second-order valence-electron chi connectivity index (χ2n) is 8.78. The maximum atomic E-state index is 13.0. The van der Waals surface area contributed by atoms with Crippen LogP contribution in [0.1, 0.15) is 31.4 Å². The SMILES string of the molecule is Cc1ncnc2c(Cl)cc(-c3cnc(N(C(=O)C4CC4)C(=O)C4CC4)nc3-c3ccco3)cc12. The predicted molar refractivity (Wildman–Crippen MR) is 126 cm³/mol. The van der Waals surface area contributed by atoms with Crippen LogP contribution in [0.2, 0.25) is 5.02 Å². The summed E-state index contributed by atoms with van der Waals surface area (Å²) in [6.45, 7) is 1.89. The van der Waals surface area contributed by atoms with E-state index in [1.165, 1.54) is 11.2 Å². The zero-order valence-electron chi connectivity index (χ0n) is 18.4. The lowest BCUT2D eigenvalue weighted by atomic mass is 10.0. The van der Waals surface area contributed by atoms with E-state index in [-0.39, 0.29) is 29.6 Å². The van der Waals surface area contributed by atoms with Gasteiger partial charge in [0.2, 0.25) is 17.8 Å². The highest BCUT2D eigenvalue weighted by atomic mass is 35.5. The molecule has 170 valence electrons. The predicted octanol–water partition coefficient (Wildman–Crippen LogP) is 4.99. The minimum absolute atomic E-state index is 0.0790. The molecule has 0 atom stereocenters. The molecule has 6 rings (SSSR count). The third-order valence-electron chi connectivity index (χ3n) is 6.23. The molecule has 0 spiro atoms. The van der Waals surface area contributed by atoms with E-state index < -0.39 is 0 Å². The van der Waals surface area contributed by atoms with E-state index in [1.807, 2.05) is 13.0 Å². The lowest BCUT2D eigenvalue weighted by Gasteiger charge is -2.20. The van der Waals surface area contributed by atoms with E-state index in [9.17, 15) is 9.59 Å². The summed E-state index contributed by atoms with van der Waals surface area (Å²) in [6.07, 6.45) is 7.79. The van der Waals surface area contributed by atoms with Crippen molar-refractivity contribution in [3.63, 3.8) is 0 Å². The molecule has 2 saturated carbocycles. The number of benzene rings is 1. The minimum atomic E-state index is -0.225. The highest BCUT2D eigenvalue weighted by Crippen LogP contribution is 2.39. The Kier molecular flexibility index (Phi) is 4.91. The Balaban J connectivity index is 1.52. The van der Waals surface area contributed by atoms with Gasteiger partial charge in [-0.2, -0.15) is 0 Å². The van der Waals surface area contributed by atoms with E-state index in [0.717, 1.165) is 42.3 Å². The summed E-state index contributed by atoms with van der Waals surface area (Å²) in [7, 11) is 0. The molecule has 3 aromatic heterocycles. The van der Waals surface area contributed by atoms with Gasteiger partial charge in [0.15, 0.2) is 5.76 Å². The number of hydrogen-bond acceptors (Lipinski definition) is 7. The van der Waals surface area contributed by atoms with Crippen molar-refractivity contribution in [3.05, 3.63) is 53.8 Å². The smallest absolute Gasteiger partial charge is 0.239 e. The molecule has 0 bridgehead atoms. The number of carbonyl (C=O) groups excluding carboxylic acids is 2. The first-order chi connectivity index (χ1) is 16.5. The second kappa shape index (κ2) is 7.99. The van der Waals surface area contributed by atoms with Crippen molar-refractivity contribution in [2.75, 3.05) is 4.90 Å². The summed E-state index contributed by atoms with van der Waals surface area (Å²) in [5.41, 5.74) is 3.33. The van der Waals surface area contributed by atoms with Crippen LogP contribution in [-0.2, 0) is 9.59 Å². The Morgan fingerprint density at radius 2 is 1.79 bits per heavy atom. The standard InChI is InChI=1S/C25H20ClN5O3/c1-13-17-9-16(10-19(26)21(17)29-12-28-13)18-11-27-25(30-22(18)20-3-2-8-34-20)31(23(32)14-4-5-14)24(33)15-6-7-15/h2-3,8-12,14-15H,4-7H2,1H3. The summed E-state index contributed by atoms with van der Waals surface area (Å²) in [5, 5.41) is 1.29. The number of imide groups is 1. The number of amides is 2. The summed E-state index contributed by atoms with van der Waals surface area (Å²) in [5.74, 6) is -0.155. The van der Waals surface area contributed by atoms with Gasteiger partial charge in [-0.25, -0.2) is 24.8 Å². The van der Waals surface area contributed by atoms with Gasteiger partial charge in [0.25, 0.3) is 0 Å². The topological polar surface area (TPSA) is 102 Å². The molecule has 0 N–H and O–H groups in total. The molecule has 0 aliphatic heterocycles. The van der Waals surface area contributed by atoms with E-state index in [0.29, 0.717) is 27.6 Å². The van der Waals surface area contributed by atoms with Gasteiger partial charge in [0.05, 0.1) is 16.8 Å². The number of rotatable bonds is 5. The van der Waals surface area contributed by atoms with Gasteiger partial charge in [-0.3, -0.25) is 9.59 Å². The molecule has 3 heterocycles.